The quantitative estimate of drug-likeness (QED) is 0.456. The molecule has 2 fully saturated rings. The van der Waals surface area contributed by atoms with Crippen LogP contribution in [0.2, 0.25) is 0 Å². The normalized spacial score (nSPS) is 19.6. The van der Waals surface area contributed by atoms with Crippen LogP contribution in [0.15, 0.2) is 24.5 Å². The molecule has 8 nitrogen and oxygen atoms in total. The molecule has 35 heavy (non-hydrogen) atoms. The van der Waals surface area contributed by atoms with E-state index in [1.807, 2.05) is 0 Å². The number of halogens is 1. The molecular weight excluding hydrogens is 445 g/mol. The number of fused-ring (bicyclic) bond motifs is 3. The Hall–Kier alpha value is -3.33. The molecule has 1 atom stereocenters. The van der Waals surface area contributed by atoms with E-state index in [-0.39, 0.29) is 28.7 Å². The van der Waals surface area contributed by atoms with Gasteiger partial charge in [-0.15, -0.1) is 0 Å². The minimum Gasteiger partial charge on any atom is -0.421 e. The zero-order chi connectivity index (χ0) is 24.5. The van der Waals surface area contributed by atoms with Gasteiger partial charge in [0.15, 0.2) is 5.75 Å². The summed E-state index contributed by atoms with van der Waals surface area (Å²) in [7, 11) is 1.80. The minimum atomic E-state index is -0.292. The van der Waals surface area contributed by atoms with Gasteiger partial charge in [0.05, 0.1) is 18.1 Å². The van der Waals surface area contributed by atoms with Gasteiger partial charge < -0.3 is 20.7 Å². The first-order chi connectivity index (χ1) is 16.7. The van der Waals surface area contributed by atoms with Crippen molar-refractivity contribution in [2.45, 2.75) is 51.5 Å². The first-order valence-corrected chi connectivity index (χ1v) is 12.1. The van der Waals surface area contributed by atoms with Crippen LogP contribution in [0.4, 0.5) is 15.9 Å². The van der Waals surface area contributed by atoms with Gasteiger partial charge in [-0.25, -0.2) is 14.4 Å². The second kappa shape index (κ2) is 7.58. The number of ether oxygens (including phenoxy) is 1. The first-order valence-electron chi connectivity index (χ1n) is 12.1. The van der Waals surface area contributed by atoms with Crippen molar-refractivity contribution in [3.8, 4) is 22.9 Å². The molecule has 1 aliphatic heterocycles. The van der Waals surface area contributed by atoms with Crippen LogP contribution in [0.1, 0.15) is 50.7 Å². The van der Waals surface area contributed by atoms with Gasteiger partial charge in [-0.3, -0.25) is 0 Å². The predicted octanol–water partition coefficient (Wildman–Crippen LogP) is 4.04. The molecule has 0 amide bonds. The van der Waals surface area contributed by atoms with Gasteiger partial charge in [0.1, 0.15) is 17.5 Å². The number of anilines is 2. The Labute approximate surface area is 204 Å². The Kier molecular flexibility index (Phi) is 4.80. The fourth-order valence-electron chi connectivity index (χ4n) is 5.30. The van der Waals surface area contributed by atoms with Gasteiger partial charge >= 0.3 is 6.01 Å². The van der Waals surface area contributed by atoms with Gasteiger partial charge in [0.25, 0.3) is 0 Å². The molecule has 1 saturated heterocycles. The molecule has 6 rings (SSSR count). The average Bonchev–Trinajstić information content (AvgIpc) is 3.40. The van der Waals surface area contributed by atoms with Crippen molar-refractivity contribution in [3.63, 3.8) is 0 Å². The maximum Gasteiger partial charge on any atom is 0.324 e. The van der Waals surface area contributed by atoms with E-state index in [2.05, 4.69) is 41.0 Å². The summed E-state index contributed by atoms with van der Waals surface area (Å²) in [5.74, 6) is 1.67. The third-order valence-electron chi connectivity index (χ3n) is 7.45. The van der Waals surface area contributed by atoms with Crippen molar-refractivity contribution in [2.75, 3.05) is 30.4 Å². The van der Waals surface area contributed by atoms with E-state index in [0.29, 0.717) is 18.7 Å². The van der Waals surface area contributed by atoms with Crippen LogP contribution in [0, 0.1) is 11.2 Å². The van der Waals surface area contributed by atoms with Crippen LogP contribution in [-0.2, 0) is 11.8 Å². The number of aromatic nitrogens is 4. The second-order valence-electron chi connectivity index (χ2n) is 11.0. The van der Waals surface area contributed by atoms with Crippen LogP contribution < -0.4 is 20.7 Å². The summed E-state index contributed by atoms with van der Waals surface area (Å²) in [4.78, 5) is 20.7. The summed E-state index contributed by atoms with van der Waals surface area (Å²) in [5, 5.41) is 3.12. The number of nitrogens with one attached hydrogen (secondary N) is 1. The van der Waals surface area contributed by atoms with Gasteiger partial charge in [-0.2, -0.15) is 9.97 Å². The Morgan fingerprint density at radius 3 is 2.54 bits per heavy atom. The zero-order valence-electron chi connectivity index (χ0n) is 20.5. The summed E-state index contributed by atoms with van der Waals surface area (Å²) >= 11 is 0. The number of benzene rings is 1. The number of rotatable bonds is 4. The highest BCUT2D eigenvalue weighted by Gasteiger charge is 2.54. The molecule has 2 aromatic heterocycles. The van der Waals surface area contributed by atoms with E-state index in [9.17, 15) is 4.39 Å². The number of hydrogen-bond acceptors (Lipinski definition) is 8. The van der Waals surface area contributed by atoms with Crippen molar-refractivity contribution in [1.82, 2.24) is 19.9 Å². The highest BCUT2D eigenvalue weighted by molar-refractivity contribution is 5.88. The van der Waals surface area contributed by atoms with Crippen LogP contribution in [0.3, 0.4) is 0 Å². The largest absolute Gasteiger partial charge is 0.421 e. The molecule has 1 saturated carbocycles. The molecule has 3 heterocycles. The van der Waals surface area contributed by atoms with Crippen LogP contribution in [0.5, 0.6) is 11.8 Å². The van der Waals surface area contributed by atoms with E-state index in [1.165, 1.54) is 6.07 Å². The maximum atomic E-state index is 14.5. The molecule has 1 spiro atoms. The molecule has 1 aromatic carbocycles. The van der Waals surface area contributed by atoms with Gasteiger partial charge in [0, 0.05) is 54.7 Å². The highest BCUT2D eigenvalue weighted by atomic mass is 19.1. The van der Waals surface area contributed by atoms with E-state index < -0.39 is 0 Å². The fourth-order valence-corrected chi connectivity index (χ4v) is 5.30. The SMILES string of the molecule is CNc1cc(F)cc2c1Cc1nc(Oc3cnc(C(C)(C)C)nc3)nc(N3C[C@H](N)C4(CC4)C3)c1-2. The molecule has 0 radical (unpaired) electrons. The molecule has 3 aliphatic rings. The lowest BCUT2D eigenvalue weighted by Gasteiger charge is -2.21. The Morgan fingerprint density at radius 2 is 1.91 bits per heavy atom. The highest BCUT2D eigenvalue weighted by Crippen LogP contribution is 2.54. The van der Waals surface area contributed by atoms with Crippen LogP contribution in [0.25, 0.3) is 11.1 Å². The number of hydrogen-bond donors (Lipinski definition) is 2. The van der Waals surface area contributed by atoms with Gasteiger partial charge in [-0.1, -0.05) is 20.8 Å². The third-order valence-corrected chi connectivity index (χ3v) is 7.45. The summed E-state index contributed by atoms with van der Waals surface area (Å²) in [6.07, 6.45) is 6.13. The van der Waals surface area contributed by atoms with Crippen molar-refractivity contribution < 1.29 is 9.13 Å². The molecule has 9 heteroatoms. The van der Waals surface area contributed by atoms with E-state index >= 15 is 0 Å². The molecule has 3 aromatic rings. The van der Waals surface area contributed by atoms with Crippen molar-refractivity contribution in [2.24, 2.45) is 11.1 Å². The zero-order valence-corrected chi connectivity index (χ0v) is 20.5. The van der Waals surface area contributed by atoms with E-state index in [0.717, 1.165) is 59.1 Å². The summed E-state index contributed by atoms with van der Waals surface area (Å²) in [6, 6.07) is 3.43. The van der Waals surface area contributed by atoms with Crippen LogP contribution in [-0.4, -0.2) is 46.1 Å². The monoisotopic (exact) mass is 475 g/mol. The summed E-state index contributed by atoms with van der Waals surface area (Å²) in [5.41, 5.74) is 10.8. The second-order valence-corrected chi connectivity index (χ2v) is 11.0. The lowest BCUT2D eigenvalue weighted by molar-refractivity contribution is 0.432. The van der Waals surface area contributed by atoms with E-state index in [1.54, 1.807) is 25.5 Å². The topological polar surface area (TPSA) is 102 Å². The molecule has 3 N–H and O–H groups in total. The maximum absolute atomic E-state index is 14.5. The Morgan fingerprint density at radius 1 is 1.17 bits per heavy atom. The Balaban J connectivity index is 1.42. The third kappa shape index (κ3) is 3.69. The Bertz CT molecular complexity index is 1310. The standard InChI is InChI=1S/C26H30FN7O/c1-25(2,3)23-30-10-15(11-31-23)35-24-32-19-9-16-17(7-14(27)8-18(16)29-4)21(19)22(33-24)34-12-20(28)26(13-34)5-6-26/h7-8,10-11,20,29H,5-6,9,12-13,28H2,1-4H3/t20-/m0/s1. The summed E-state index contributed by atoms with van der Waals surface area (Å²) < 4.78 is 20.6. The first kappa shape index (κ1) is 22.2. The molecule has 2 aliphatic carbocycles. The number of nitrogens with zero attached hydrogens (tertiary/aromatic N) is 5. The van der Waals surface area contributed by atoms with E-state index in [4.69, 9.17) is 20.4 Å². The minimum absolute atomic E-state index is 0.0945. The van der Waals surface area contributed by atoms with Gasteiger partial charge in [-0.05, 0) is 36.1 Å². The smallest absolute Gasteiger partial charge is 0.324 e. The van der Waals surface area contributed by atoms with Gasteiger partial charge in [0.2, 0.25) is 0 Å². The molecule has 0 unspecified atom stereocenters. The lowest BCUT2D eigenvalue weighted by atomic mass is 9.96. The van der Waals surface area contributed by atoms with Crippen molar-refractivity contribution in [3.05, 3.63) is 47.4 Å². The average molecular weight is 476 g/mol. The molecule has 0 bridgehead atoms. The van der Waals surface area contributed by atoms with Crippen molar-refractivity contribution >= 4 is 11.5 Å². The van der Waals surface area contributed by atoms with Crippen molar-refractivity contribution in [1.29, 1.82) is 0 Å². The predicted molar refractivity (Wildman–Crippen MR) is 132 cm³/mol. The lowest BCUT2D eigenvalue weighted by Crippen LogP contribution is -2.30. The number of nitrogens with two attached hydrogens (primary N) is 1. The van der Waals surface area contributed by atoms with Crippen LogP contribution >= 0.6 is 0 Å². The fraction of sp³-hybridized carbons (Fsp3) is 0.462. The molecule has 182 valence electrons. The summed E-state index contributed by atoms with van der Waals surface area (Å²) in [6.45, 7) is 7.73. The molecular formula is C26H30FN7O.